The second-order valence-electron chi connectivity index (χ2n) is 5.68. The summed E-state index contributed by atoms with van der Waals surface area (Å²) in [6.45, 7) is 6.21. The monoisotopic (exact) mass is 492 g/mol. The summed E-state index contributed by atoms with van der Waals surface area (Å²) in [6.07, 6.45) is 1.68. The van der Waals surface area contributed by atoms with Gasteiger partial charge in [-0.25, -0.2) is 0 Å². The van der Waals surface area contributed by atoms with Crippen molar-refractivity contribution in [3.8, 4) is 0 Å². The van der Waals surface area contributed by atoms with E-state index in [1.807, 2.05) is 31.2 Å². The molecule has 0 bridgehead atoms. The summed E-state index contributed by atoms with van der Waals surface area (Å²) in [7, 11) is 3.30. The zero-order valence-electron chi connectivity index (χ0n) is 16.5. The van der Waals surface area contributed by atoms with Crippen LogP contribution in [0, 0.1) is 0 Å². The summed E-state index contributed by atoms with van der Waals surface area (Å²) in [5.74, 6) is 0.731. The first-order chi connectivity index (χ1) is 12.7. The number of methoxy groups -OCH3 is 1. The van der Waals surface area contributed by atoms with Gasteiger partial charge in [0.25, 0.3) is 5.91 Å². The number of benzene rings is 1. The number of hydrogen-bond donors (Lipinski definition) is 3. The molecule has 7 nitrogen and oxygen atoms in total. The Bertz CT molecular complexity index is 556. The Labute approximate surface area is 179 Å². The number of carbonyl (C=O) groups excluding carboxylic acids is 1. The Hall–Kier alpha value is -1.39. The number of aliphatic imine (C=N–C) groups is 1. The quantitative estimate of drug-likeness (QED) is 0.180. The van der Waals surface area contributed by atoms with Crippen LogP contribution in [-0.4, -0.2) is 65.5 Å². The molecule has 0 saturated carbocycles. The van der Waals surface area contributed by atoms with Gasteiger partial charge in [-0.1, -0.05) is 12.1 Å². The Morgan fingerprint density at radius 1 is 1.19 bits per heavy atom. The van der Waals surface area contributed by atoms with Crippen LogP contribution in [0.4, 0.5) is 0 Å². The molecule has 1 aromatic rings. The van der Waals surface area contributed by atoms with Gasteiger partial charge in [-0.2, -0.15) is 0 Å². The highest BCUT2D eigenvalue weighted by Crippen LogP contribution is 2.05. The summed E-state index contributed by atoms with van der Waals surface area (Å²) in [5.41, 5.74) is 1.79. The van der Waals surface area contributed by atoms with Gasteiger partial charge >= 0.3 is 0 Å². The van der Waals surface area contributed by atoms with E-state index in [0.717, 1.165) is 37.5 Å². The highest BCUT2D eigenvalue weighted by molar-refractivity contribution is 14.0. The van der Waals surface area contributed by atoms with Gasteiger partial charge in [0.1, 0.15) is 0 Å². The second kappa shape index (κ2) is 16.8. The van der Waals surface area contributed by atoms with Crippen molar-refractivity contribution in [2.24, 2.45) is 4.99 Å². The van der Waals surface area contributed by atoms with Crippen molar-refractivity contribution in [1.29, 1.82) is 0 Å². The van der Waals surface area contributed by atoms with Gasteiger partial charge in [-0.05, 0) is 37.5 Å². The molecule has 8 heteroatoms. The zero-order valence-corrected chi connectivity index (χ0v) is 18.9. The number of nitrogens with zero attached hydrogens (tertiary/aromatic N) is 1. The van der Waals surface area contributed by atoms with Crippen LogP contribution < -0.4 is 16.0 Å². The van der Waals surface area contributed by atoms with E-state index < -0.39 is 0 Å². The molecule has 27 heavy (non-hydrogen) atoms. The normalized spacial score (nSPS) is 10.9. The van der Waals surface area contributed by atoms with Crippen LogP contribution in [0.15, 0.2) is 29.3 Å². The summed E-state index contributed by atoms with van der Waals surface area (Å²) in [5, 5.41) is 9.20. The first kappa shape index (κ1) is 25.6. The van der Waals surface area contributed by atoms with Gasteiger partial charge in [0.05, 0.1) is 13.2 Å². The minimum atomic E-state index is -0.0672. The predicted molar refractivity (Wildman–Crippen MR) is 120 cm³/mol. The fourth-order valence-electron chi connectivity index (χ4n) is 2.28. The van der Waals surface area contributed by atoms with Crippen LogP contribution in [-0.2, 0) is 15.9 Å². The standard InChI is InChI=1S/C19H32N4O3.HI/c1-4-21-19(22-10-6-12-26-14-13-25-3)23-11-9-16-7-5-8-17(15-16)18(24)20-2;/h5,7-8,15H,4,6,9-14H2,1-3H3,(H,20,24)(H2,21,22,23);1H. The highest BCUT2D eigenvalue weighted by Gasteiger charge is 2.04. The van der Waals surface area contributed by atoms with Gasteiger partial charge in [-0.3, -0.25) is 9.79 Å². The van der Waals surface area contributed by atoms with Gasteiger partial charge in [0.15, 0.2) is 5.96 Å². The largest absolute Gasteiger partial charge is 0.382 e. The van der Waals surface area contributed by atoms with Crippen LogP contribution in [0.1, 0.15) is 29.3 Å². The molecule has 3 N–H and O–H groups in total. The van der Waals surface area contributed by atoms with Crippen molar-refractivity contribution in [2.75, 3.05) is 53.6 Å². The molecule has 0 heterocycles. The molecule has 0 aromatic heterocycles. The summed E-state index contributed by atoms with van der Waals surface area (Å²) >= 11 is 0. The minimum Gasteiger partial charge on any atom is -0.382 e. The van der Waals surface area contributed by atoms with E-state index in [-0.39, 0.29) is 29.9 Å². The number of nitrogens with one attached hydrogen (secondary N) is 3. The summed E-state index contributed by atoms with van der Waals surface area (Å²) < 4.78 is 10.4. The molecule has 1 amide bonds. The van der Waals surface area contributed by atoms with E-state index in [0.29, 0.717) is 31.9 Å². The first-order valence-electron chi connectivity index (χ1n) is 9.11. The average Bonchev–Trinajstić information content (AvgIpc) is 2.66. The second-order valence-corrected chi connectivity index (χ2v) is 5.68. The Morgan fingerprint density at radius 2 is 2.00 bits per heavy atom. The lowest BCUT2D eigenvalue weighted by atomic mass is 10.1. The number of hydrogen-bond acceptors (Lipinski definition) is 4. The van der Waals surface area contributed by atoms with E-state index in [9.17, 15) is 4.79 Å². The van der Waals surface area contributed by atoms with Gasteiger partial charge < -0.3 is 25.4 Å². The molecule has 0 fully saturated rings. The number of guanidine groups is 1. The van der Waals surface area contributed by atoms with E-state index in [4.69, 9.17) is 9.47 Å². The first-order valence-corrected chi connectivity index (χ1v) is 9.11. The van der Waals surface area contributed by atoms with Crippen molar-refractivity contribution in [3.05, 3.63) is 35.4 Å². The van der Waals surface area contributed by atoms with Crippen LogP contribution in [0.5, 0.6) is 0 Å². The number of rotatable bonds is 12. The third-order valence-corrected chi connectivity index (χ3v) is 3.62. The minimum absolute atomic E-state index is 0. The van der Waals surface area contributed by atoms with Crippen molar-refractivity contribution in [2.45, 2.75) is 19.8 Å². The smallest absolute Gasteiger partial charge is 0.251 e. The lowest BCUT2D eigenvalue weighted by molar-refractivity contribution is 0.0702. The topological polar surface area (TPSA) is 84.0 Å². The fraction of sp³-hybridized carbons (Fsp3) is 0.579. The lowest BCUT2D eigenvalue weighted by Gasteiger charge is -2.12. The molecule has 1 aromatic carbocycles. The molecule has 154 valence electrons. The van der Waals surface area contributed by atoms with Crippen LogP contribution in [0.2, 0.25) is 0 Å². The SMILES string of the molecule is CCNC(=NCCCOCCOC)NCCc1cccc(C(=O)NC)c1.I. The molecule has 0 saturated heterocycles. The van der Waals surface area contributed by atoms with E-state index in [1.54, 1.807) is 14.2 Å². The highest BCUT2D eigenvalue weighted by atomic mass is 127. The molecule has 0 spiro atoms. The Morgan fingerprint density at radius 3 is 2.70 bits per heavy atom. The average molecular weight is 492 g/mol. The van der Waals surface area contributed by atoms with E-state index in [1.165, 1.54) is 0 Å². The van der Waals surface area contributed by atoms with Crippen LogP contribution >= 0.6 is 24.0 Å². The molecule has 0 radical (unpaired) electrons. The van der Waals surface area contributed by atoms with Crippen LogP contribution in [0.3, 0.4) is 0 Å². The van der Waals surface area contributed by atoms with Crippen molar-refractivity contribution >= 4 is 35.8 Å². The molecule has 0 aliphatic carbocycles. The molecule has 0 aliphatic rings. The fourth-order valence-corrected chi connectivity index (χ4v) is 2.28. The number of halogens is 1. The zero-order chi connectivity index (χ0) is 19.0. The maximum atomic E-state index is 11.7. The van der Waals surface area contributed by atoms with Crippen molar-refractivity contribution < 1.29 is 14.3 Å². The number of ether oxygens (including phenoxy) is 2. The summed E-state index contributed by atoms with van der Waals surface area (Å²) in [6, 6.07) is 7.66. The molecule has 0 aliphatic heterocycles. The van der Waals surface area contributed by atoms with Crippen LogP contribution in [0.25, 0.3) is 0 Å². The molecule has 0 unspecified atom stereocenters. The molecule has 0 atom stereocenters. The van der Waals surface area contributed by atoms with Crippen molar-refractivity contribution in [1.82, 2.24) is 16.0 Å². The predicted octanol–water partition coefficient (Wildman–Crippen LogP) is 1.81. The van der Waals surface area contributed by atoms with E-state index >= 15 is 0 Å². The molecular formula is C19H33IN4O3. The Kier molecular flexibility index (Phi) is 15.9. The molecular weight excluding hydrogens is 459 g/mol. The number of amides is 1. The van der Waals surface area contributed by atoms with Gasteiger partial charge in [0.2, 0.25) is 0 Å². The van der Waals surface area contributed by atoms with E-state index in [2.05, 4.69) is 20.9 Å². The summed E-state index contributed by atoms with van der Waals surface area (Å²) in [4.78, 5) is 16.2. The number of carbonyl (C=O) groups is 1. The van der Waals surface area contributed by atoms with Crippen molar-refractivity contribution in [3.63, 3.8) is 0 Å². The maximum absolute atomic E-state index is 11.7. The Balaban J connectivity index is 0.00000676. The lowest BCUT2D eigenvalue weighted by Crippen LogP contribution is -2.38. The molecule has 1 rings (SSSR count). The maximum Gasteiger partial charge on any atom is 0.251 e. The third kappa shape index (κ3) is 11.8. The van der Waals surface area contributed by atoms with Gasteiger partial charge in [0, 0.05) is 46.0 Å². The third-order valence-electron chi connectivity index (χ3n) is 3.62. The van der Waals surface area contributed by atoms with Gasteiger partial charge in [-0.15, -0.1) is 24.0 Å².